The van der Waals surface area contributed by atoms with Gasteiger partial charge in [-0.15, -0.1) is 24.4 Å². The fraction of sp³-hybridized carbons (Fsp3) is 0.923. The molecule has 0 radical (unpaired) electrons. The van der Waals surface area contributed by atoms with Gasteiger partial charge in [0.1, 0.15) is 47.7 Å². The molecule has 0 bridgehead atoms. The van der Waals surface area contributed by atoms with Crippen molar-refractivity contribution in [3.63, 3.8) is 0 Å². The summed E-state index contributed by atoms with van der Waals surface area (Å²) in [4.78, 5) is 0. The molecule has 6 aliphatic heterocycles. The standard InChI is InChI=1S/C26H40O12S2/c1-23(2)28-10-12(33-23)15-14(27)17-20(30-15)38-26(6,36-17)9-8-25(5)29-11-13(34-25)16-18(32-22(39)40-7)19-21(31-16)37-24(3,4)35-19/h11-12,14-22,27,39H,8-10H2,1-7H3/t12?,14-,15+,16+,17+,18-,19+,20+,21+,22?,25?,26?/m0/s1. The van der Waals surface area contributed by atoms with Gasteiger partial charge in [-0.2, -0.15) is 0 Å². The minimum Gasteiger partial charge on any atom is -0.457 e. The van der Waals surface area contributed by atoms with Gasteiger partial charge in [0, 0.05) is 19.8 Å². The Kier molecular flexibility index (Phi) is 7.70. The minimum absolute atomic E-state index is 0.327. The number of fused-ring (bicyclic) bond motifs is 2. The van der Waals surface area contributed by atoms with Crippen molar-refractivity contribution in [3.05, 3.63) is 12.0 Å². The summed E-state index contributed by atoms with van der Waals surface area (Å²) in [6.07, 6.45) is -1.16. The van der Waals surface area contributed by atoms with Crippen LogP contribution in [-0.4, -0.2) is 101 Å². The summed E-state index contributed by atoms with van der Waals surface area (Å²) in [5.41, 5.74) is 0. The molecule has 6 heterocycles. The van der Waals surface area contributed by atoms with Crippen molar-refractivity contribution in [2.24, 2.45) is 0 Å². The van der Waals surface area contributed by atoms with E-state index in [9.17, 15) is 5.11 Å². The molecule has 40 heavy (non-hydrogen) atoms. The lowest BCUT2D eigenvalue weighted by Crippen LogP contribution is -2.43. The highest BCUT2D eigenvalue weighted by Crippen LogP contribution is 2.47. The molecule has 6 aliphatic rings. The average molecular weight is 609 g/mol. The summed E-state index contributed by atoms with van der Waals surface area (Å²) < 4.78 is 66.1. The molecule has 0 aromatic heterocycles. The molecular formula is C26H40O12S2. The molecule has 0 saturated carbocycles. The van der Waals surface area contributed by atoms with Crippen LogP contribution in [0.15, 0.2) is 12.0 Å². The Morgan fingerprint density at radius 2 is 1.65 bits per heavy atom. The van der Waals surface area contributed by atoms with Gasteiger partial charge < -0.3 is 57.2 Å². The third kappa shape index (κ3) is 5.64. The van der Waals surface area contributed by atoms with E-state index in [-0.39, 0.29) is 4.77 Å². The first-order valence-corrected chi connectivity index (χ1v) is 15.4. The van der Waals surface area contributed by atoms with Crippen LogP contribution in [0, 0.1) is 0 Å². The van der Waals surface area contributed by atoms with Gasteiger partial charge in [0.25, 0.3) is 0 Å². The number of hydrogen-bond donors (Lipinski definition) is 2. The molecule has 0 aromatic rings. The summed E-state index contributed by atoms with van der Waals surface area (Å²) in [5.74, 6) is -3.04. The number of rotatable bonds is 8. The molecule has 0 amide bonds. The van der Waals surface area contributed by atoms with Gasteiger partial charge in [-0.05, 0) is 40.9 Å². The van der Waals surface area contributed by atoms with Gasteiger partial charge in [0.05, 0.1) is 6.61 Å². The maximum atomic E-state index is 10.9. The third-order valence-electron chi connectivity index (χ3n) is 7.92. The number of aliphatic hydroxyl groups excluding tert-OH is 1. The van der Waals surface area contributed by atoms with Crippen LogP contribution in [0.3, 0.4) is 0 Å². The van der Waals surface area contributed by atoms with E-state index in [2.05, 4.69) is 12.6 Å². The summed E-state index contributed by atoms with van der Waals surface area (Å²) in [7, 11) is 0. The highest BCUT2D eigenvalue weighted by atomic mass is 32.2. The normalized spacial score (nSPS) is 49.4. The van der Waals surface area contributed by atoms with Gasteiger partial charge in [-0.3, -0.25) is 0 Å². The average Bonchev–Trinajstić information content (AvgIpc) is 3.68. The Hall–Kier alpha value is -0.360. The smallest absolute Gasteiger partial charge is 0.247 e. The Morgan fingerprint density at radius 1 is 0.925 bits per heavy atom. The second-order valence-corrected chi connectivity index (χ2v) is 13.9. The van der Waals surface area contributed by atoms with Gasteiger partial charge in [-0.1, -0.05) is 0 Å². The zero-order valence-electron chi connectivity index (χ0n) is 23.8. The first-order chi connectivity index (χ1) is 18.7. The molecule has 12 atom stereocenters. The molecule has 228 valence electrons. The van der Waals surface area contributed by atoms with Crippen molar-refractivity contribution in [3.8, 4) is 0 Å². The Morgan fingerprint density at radius 3 is 2.33 bits per heavy atom. The highest BCUT2D eigenvalue weighted by Gasteiger charge is 2.61. The van der Waals surface area contributed by atoms with Gasteiger partial charge in [-0.25, -0.2) is 0 Å². The van der Waals surface area contributed by atoms with Crippen molar-refractivity contribution >= 4 is 24.4 Å². The van der Waals surface area contributed by atoms with Crippen LogP contribution >= 0.6 is 24.4 Å². The van der Waals surface area contributed by atoms with E-state index in [4.69, 9.17) is 52.1 Å². The van der Waals surface area contributed by atoms with E-state index < -0.39 is 78.5 Å². The molecule has 4 unspecified atom stereocenters. The van der Waals surface area contributed by atoms with E-state index in [0.717, 1.165) is 0 Å². The zero-order valence-corrected chi connectivity index (χ0v) is 25.5. The van der Waals surface area contributed by atoms with Crippen molar-refractivity contribution < 1.29 is 57.2 Å². The topological polar surface area (TPSA) is 122 Å². The number of aliphatic hydroxyl groups is 1. The number of hydrogen-bond acceptors (Lipinski definition) is 14. The number of thiol groups is 1. The van der Waals surface area contributed by atoms with E-state index in [1.54, 1.807) is 6.26 Å². The SMILES string of the molecule is CSC(S)O[C@@H]1[C@H]2OC(C)(C)O[C@H]2O[C@@H]1C1=COC(C)(CCC2(C)O[C@H]3O[C@H](C4COC(C)(C)O4)[C@H](O)[C@H]3O2)O1. The van der Waals surface area contributed by atoms with Crippen molar-refractivity contribution in [1.82, 2.24) is 0 Å². The molecular weight excluding hydrogens is 568 g/mol. The van der Waals surface area contributed by atoms with Crippen LogP contribution in [-0.2, 0) is 52.1 Å². The molecule has 0 aromatic carbocycles. The Bertz CT molecular complexity index is 997. The van der Waals surface area contributed by atoms with Crippen LogP contribution in [0.5, 0.6) is 0 Å². The summed E-state index contributed by atoms with van der Waals surface area (Å²) in [5, 5.41) is 10.9. The molecule has 12 nitrogen and oxygen atoms in total. The summed E-state index contributed by atoms with van der Waals surface area (Å²) >= 11 is 5.94. The molecule has 0 spiro atoms. The summed E-state index contributed by atoms with van der Waals surface area (Å²) in [6, 6.07) is 0. The zero-order chi connectivity index (χ0) is 28.7. The van der Waals surface area contributed by atoms with Gasteiger partial charge in [0.15, 0.2) is 41.8 Å². The monoisotopic (exact) mass is 608 g/mol. The van der Waals surface area contributed by atoms with Crippen molar-refractivity contribution in [2.75, 3.05) is 12.9 Å². The second kappa shape index (κ2) is 10.4. The number of ether oxygens (including phenoxy) is 11. The molecule has 5 saturated heterocycles. The van der Waals surface area contributed by atoms with E-state index in [1.807, 2.05) is 47.8 Å². The lowest BCUT2D eigenvalue weighted by atomic mass is 10.1. The van der Waals surface area contributed by atoms with E-state index >= 15 is 0 Å². The van der Waals surface area contributed by atoms with Crippen LogP contribution in [0.25, 0.3) is 0 Å². The van der Waals surface area contributed by atoms with Crippen molar-refractivity contribution in [1.29, 1.82) is 0 Å². The highest BCUT2D eigenvalue weighted by molar-refractivity contribution is 8.09. The van der Waals surface area contributed by atoms with Crippen LogP contribution in [0.2, 0.25) is 0 Å². The first kappa shape index (κ1) is 29.7. The van der Waals surface area contributed by atoms with Crippen molar-refractivity contribution in [2.45, 2.75) is 138 Å². The van der Waals surface area contributed by atoms with Crippen LogP contribution < -0.4 is 0 Å². The van der Waals surface area contributed by atoms with Gasteiger partial charge >= 0.3 is 0 Å². The maximum Gasteiger partial charge on any atom is 0.247 e. The summed E-state index contributed by atoms with van der Waals surface area (Å²) in [6.45, 7) is 11.3. The quantitative estimate of drug-likeness (QED) is 0.310. The minimum atomic E-state index is -1.01. The van der Waals surface area contributed by atoms with Crippen LogP contribution in [0.1, 0.15) is 54.4 Å². The maximum absolute atomic E-state index is 10.9. The first-order valence-electron chi connectivity index (χ1n) is 13.6. The lowest BCUT2D eigenvalue weighted by Gasteiger charge is -2.32. The Balaban J connectivity index is 1.04. The van der Waals surface area contributed by atoms with Crippen LogP contribution in [0.4, 0.5) is 0 Å². The predicted molar refractivity (Wildman–Crippen MR) is 142 cm³/mol. The van der Waals surface area contributed by atoms with E-state index in [0.29, 0.717) is 25.2 Å². The Labute approximate surface area is 243 Å². The van der Waals surface area contributed by atoms with E-state index in [1.165, 1.54) is 11.8 Å². The second-order valence-electron chi connectivity index (χ2n) is 12.2. The lowest BCUT2D eigenvalue weighted by molar-refractivity contribution is -0.251. The molecule has 6 rings (SSSR count). The molecule has 5 fully saturated rings. The largest absolute Gasteiger partial charge is 0.457 e. The molecule has 14 heteroatoms. The fourth-order valence-electron chi connectivity index (χ4n) is 5.96. The molecule has 1 N–H and O–H groups in total. The third-order valence-corrected chi connectivity index (χ3v) is 9.19. The number of thioether (sulfide) groups is 1. The fourth-order valence-corrected chi connectivity index (χ4v) is 6.34. The van der Waals surface area contributed by atoms with Gasteiger partial charge in [0.2, 0.25) is 5.79 Å². The predicted octanol–water partition coefficient (Wildman–Crippen LogP) is 2.58. The molecule has 0 aliphatic carbocycles.